The summed E-state index contributed by atoms with van der Waals surface area (Å²) in [5, 5.41) is 0. The van der Waals surface area contributed by atoms with Gasteiger partial charge in [-0.2, -0.15) is 0 Å². The van der Waals surface area contributed by atoms with E-state index in [1.54, 1.807) is 20.0 Å². The molecule has 0 fully saturated rings. The van der Waals surface area contributed by atoms with Crippen molar-refractivity contribution in [2.75, 3.05) is 14.2 Å². The van der Waals surface area contributed by atoms with Gasteiger partial charge in [0.05, 0.1) is 19.7 Å². The lowest BCUT2D eigenvalue weighted by atomic mass is 10.1. The van der Waals surface area contributed by atoms with Crippen LogP contribution in [-0.2, 0) is 16.1 Å². The maximum absolute atomic E-state index is 12.0. The number of aryl methyl sites for hydroxylation is 1. The summed E-state index contributed by atoms with van der Waals surface area (Å²) in [4.78, 5) is 25.0. The van der Waals surface area contributed by atoms with Crippen molar-refractivity contribution in [1.82, 2.24) is 4.90 Å². The minimum absolute atomic E-state index is 0.138. The fourth-order valence-electron chi connectivity index (χ4n) is 1.96. The molecule has 112 valence electrons. The zero-order valence-corrected chi connectivity index (χ0v) is 12.4. The normalized spacial score (nSPS) is 12.1. The third kappa shape index (κ3) is 3.84. The van der Waals surface area contributed by atoms with E-state index in [-0.39, 0.29) is 12.5 Å². The number of ether oxygens (including phenoxy) is 1. The number of nitrogens with two attached hydrogens (primary N) is 1. The van der Waals surface area contributed by atoms with E-state index >= 15 is 0 Å². The van der Waals surface area contributed by atoms with Crippen molar-refractivity contribution in [1.29, 1.82) is 0 Å². The molecule has 0 bridgehead atoms. The molecule has 0 aliphatic carbocycles. The minimum atomic E-state index is -0.499. The molecule has 1 aromatic heterocycles. The Kier molecular flexibility index (Phi) is 5.76. The summed E-state index contributed by atoms with van der Waals surface area (Å²) in [6.07, 6.45) is 1.50. The second-order valence-electron chi connectivity index (χ2n) is 4.76. The van der Waals surface area contributed by atoms with Gasteiger partial charge in [0.25, 0.3) is 0 Å². The summed E-state index contributed by atoms with van der Waals surface area (Å²) in [6.45, 7) is 3.93. The number of esters is 1. The van der Waals surface area contributed by atoms with E-state index in [9.17, 15) is 9.59 Å². The molecule has 0 aromatic carbocycles. The number of hydrogen-bond acceptors (Lipinski definition) is 5. The highest BCUT2D eigenvalue weighted by Crippen LogP contribution is 2.17. The molecule has 1 atom stereocenters. The monoisotopic (exact) mass is 282 g/mol. The van der Waals surface area contributed by atoms with E-state index in [4.69, 9.17) is 10.2 Å². The average Bonchev–Trinajstić information content (AvgIpc) is 2.77. The van der Waals surface area contributed by atoms with Crippen LogP contribution < -0.4 is 5.73 Å². The van der Waals surface area contributed by atoms with Gasteiger partial charge in [0, 0.05) is 7.05 Å². The first-order valence-electron chi connectivity index (χ1n) is 6.58. The van der Waals surface area contributed by atoms with Crippen LogP contribution >= 0.6 is 0 Å². The van der Waals surface area contributed by atoms with E-state index in [1.165, 1.54) is 12.0 Å². The third-order valence-corrected chi connectivity index (χ3v) is 3.06. The topological polar surface area (TPSA) is 85.8 Å². The summed E-state index contributed by atoms with van der Waals surface area (Å²) in [6, 6.07) is 1.09. The van der Waals surface area contributed by atoms with Crippen molar-refractivity contribution in [2.45, 2.75) is 39.3 Å². The standard InChI is InChI=1S/C14H22N2O4/c1-5-6-12(15)13(17)16(3)8-10-7-11(9(2)20-10)14(18)19-4/h7,12H,5-6,8,15H2,1-4H3. The first-order chi connectivity index (χ1) is 9.40. The largest absolute Gasteiger partial charge is 0.465 e. The number of furan rings is 1. The number of carbonyl (C=O) groups is 2. The molecule has 6 nitrogen and oxygen atoms in total. The Balaban J connectivity index is 2.74. The van der Waals surface area contributed by atoms with Gasteiger partial charge < -0.3 is 19.8 Å². The highest BCUT2D eigenvalue weighted by Gasteiger charge is 2.20. The molecule has 6 heteroatoms. The highest BCUT2D eigenvalue weighted by molar-refractivity contribution is 5.90. The molecule has 0 aliphatic rings. The maximum Gasteiger partial charge on any atom is 0.341 e. The fourth-order valence-corrected chi connectivity index (χ4v) is 1.96. The van der Waals surface area contributed by atoms with Crippen molar-refractivity contribution >= 4 is 11.9 Å². The van der Waals surface area contributed by atoms with Crippen LogP contribution in [0.1, 0.15) is 41.6 Å². The van der Waals surface area contributed by atoms with Gasteiger partial charge in [0.15, 0.2) is 0 Å². The number of rotatable bonds is 6. The van der Waals surface area contributed by atoms with Gasteiger partial charge in [-0.15, -0.1) is 0 Å². The molecule has 0 spiro atoms. The zero-order chi connectivity index (χ0) is 15.3. The van der Waals surface area contributed by atoms with E-state index in [0.29, 0.717) is 23.5 Å². The van der Waals surface area contributed by atoms with Crippen LogP contribution in [0.4, 0.5) is 0 Å². The molecular weight excluding hydrogens is 260 g/mol. The lowest BCUT2D eigenvalue weighted by molar-refractivity contribution is -0.132. The smallest absolute Gasteiger partial charge is 0.341 e. The van der Waals surface area contributed by atoms with Gasteiger partial charge in [0.1, 0.15) is 17.1 Å². The Morgan fingerprint density at radius 3 is 2.70 bits per heavy atom. The predicted octanol–water partition coefficient (Wildman–Crippen LogP) is 1.46. The minimum Gasteiger partial charge on any atom is -0.465 e. The molecule has 20 heavy (non-hydrogen) atoms. The molecule has 0 aliphatic heterocycles. The molecule has 1 heterocycles. The van der Waals surface area contributed by atoms with Gasteiger partial charge in [-0.1, -0.05) is 13.3 Å². The van der Waals surface area contributed by atoms with Crippen LogP contribution in [0.5, 0.6) is 0 Å². The predicted molar refractivity (Wildman–Crippen MR) is 74.1 cm³/mol. The Morgan fingerprint density at radius 2 is 2.15 bits per heavy atom. The van der Waals surface area contributed by atoms with Crippen LogP contribution in [0.3, 0.4) is 0 Å². The van der Waals surface area contributed by atoms with Crippen molar-refractivity contribution < 1.29 is 18.7 Å². The summed E-state index contributed by atoms with van der Waals surface area (Å²) >= 11 is 0. The molecule has 1 unspecified atom stereocenters. The maximum atomic E-state index is 12.0. The van der Waals surface area contributed by atoms with Gasteiger partial charge in [0.2, 0.25) is 5.91 Å². The first-order valence-corrected chi connectivity index (χ1v) is 6.58. The second kappa shape index (κ2) is 7.09. The third-order valence-electron chi connectivity index (χ3n) is 3.06. The SMILES string of the molecule is CCCC(N)C(=O)N(C)Cc1cc(C(=O)OC)c(C)o1. The Morgan fingerprint density at radius 1 is 1.50 bits per heavy atom. The Bertz CT molecular complexity index is 482. The zero-order valence-electron chi connectivity index (χ0n) is 12.4. The highest BCUT2D eigenvalue weighted by atomic mass is 16.5. The average molecular weight is 282 g/mol. The molecule has 1 amide bonds. The van der Waals surface area contributed by atoms with Crippen LogP contribution in [0.2, 0.25) is 0 Å². The summed E-state index contributed by atoms with van der Waals surface area (Å²) in [5.41, 5.74) is 6.17. The number of nitrogens with zero attached hydrogens (tertiary/aromatic N) is 1. The number of hydrogen-bond donors (Lipinski definition) is 1. The summed E-state index contributed by atoms with van der Waals surface area (Å²) < 4.78 is 10.1. The second-order valence-corrected chi connectivity index (χ2v) is 4.76. The van der Waals surface area contributed by atoms with E-state index in [2.05, 4.69) is 4.74 Å². The molecule has 1 rings (SSSR count). The number of carbonyl (C=O) groups excluding carboxylic acids is 2. The van der Waals surface area contributed by atoms with E-state index in [0.717, 1.165) is 6.42 Å². The molecule has 1 aromatic rings. The fraction of sp³-hybridized carbons (Fsp3) is 0.571. The number of methoxy groups -OCH3 is 1. The van der Waals surface area contributed by atoms with Gasteiger partial charge in [-0.25, -0.2) is 4.79 Å². The van der Waals surface area contributed by atoms with E-state index in [1.807, 2.05) is 6.92 Å². The molecule has 0 radical (unpaired) electrons. The lowest BCUT2D eigenvalue weighted by Crippen LogP contribution is -2.41. The Hall–Kier alpha value is -1.82. The summed E-state index contributed by atoms with van der Waals surface area (Å²) in [5.74, 6) is 0.419. The molecule has 2 N–H and O–H groups in total. The molecule has 0 saturated heterocycles. The van der Waals surface area contributed by atoms with Gasteiger partial charge in [-0.3, -0.25) is 4.79 Å². The van der Waals surface area contributed by atoms with E-state index < -0.39 is 12.0 Å². The van der Waals surface area contributed by atoms with Crippen LogP contribution in [0, 0.1) is 6.92 Å². The van der Waals surface area contributed by atoms with Crippen molar-refractivity contribution in [2.24, 2.45) is 5.73 Å². The van der Waals surface area contributed by atoms with Crippen LogP contribution in [0.15, 0.2) is 10.5 Å². The van der Waals surface area contributed by atoms with Gasteiger partial charge >= 0.3 is 5.97 Å². The van der Waals surface area contributed by atoms with Crippen molar-refractivity contribution in [3.05, 3.63) is 23.2 Å². The summed E-state index contributed by atoms with van der Waals surface area (Å²) in [7, 11) is 2.97. The van der Waals surface area contributed by atoms with Crippen molar-refractivity contribution in [3.63, 3.8) is 0 Å². The van der Waals surface area contributed by atoms with Gasteiger partial charge in [-0.05, 0) is 19.4 Å². The molecule has 0 saturated carbocycles. The van der Waals surface area contributed by atoms with Crippen molar-refractivity contribution in [3.8, 4) is 0 Å². The number of amides is 1. The number of likely N-dealkylation sites (N-methyl/N-ethyl adjacent to an activating group) is 1. The Labute approximate surface area is 118 Å². The first kappa shape index (κ1) is 16.2. The molecular formula is C14H22N2O4. The van der Waals surface area contributed by atoms with Crippen LogP contribution in [0.25, 0.3) is 0 Å². The van der Waals surface area contributed by atoms with Crippen LogP contribution in [-0.4, -0.2) is 37.0 Å². The lowest BCUT2D eigenvalue weighted by Gasteiger charge is -2.19. The quantitative estimate of drug-likeness (QED) is 0.798.